The van der Waals surface area contributed by atoms with E-state index in [2.05, 4.69) is 5.32 Å². The fourth-order valence-corrected chi connectivity index (χ4v) is 1.45. The lowest BCUT2D eigenvalue weighted by Gasteiger charge is -2.18. The van der Waals surface area contributed by atoms with Crippen molar-refractivity contribution >= 4 is 11.6 Å². The second-order valence-electron chi connectivity index (χ2n) is 5.23. The van der Waals surface area contributed by atoms with Crippen LogP contribution in [0.25, 0.3) is 0 Å². The van der Waals surface area contributed by atoms with Crippen molar-refractivity contribution < 1.29 is 14.3 Å². The summed E-state index contributed by atoms with van der Waals surface area (Å²) in [7, 11) is 0. The highest BCUT2D eigenvalue weighted by Crippen LogP contribution is 2.31. The monoisotopic (exact) mass is 265 g/mol. The molecule has 19 heavy (non-hydrogen) atoms. The third-order valence-corrected chi connectivity index (χ3v) is 2.48. The second kappa shape index (κ2) is 6.45. The Morgan fingerprint density at radius 1 is 1.11 bits per heavy atom. The van der Waals surface area contributed by atoms with Crippen molar-refractivity contribution in [3.05, 3.63) is 18.2 Å². The van der Waals surface area contributed by atoms with E-state index in [1.54, 1.807) is 6.07 Å². The third-order valence-electron chi connectivity index (χ3n) is 2.48. The fourth-order valence-electron chi connectivity index (χ4n) is 1.45. The van der Waals surface area contributed by atoms with Crippen molar-refractivity contribution in [1.29, 1.82) is 0 Å². The Bertz CT molecular complexity index is 436. The molecule has 0 aromatic heterocycles. The van der Waals surface area contributed by atoms with Crippen molar-refractivity contribution in [2.45, 2.75) is 34.6 Å². The van der Waals surface area contributed by atoms with Gasteiger partial charge in [-0.1, -0.05) is 20.8 Å². The Balaban J connectivity index is 2.92. The number of hydrogen-bond donors (Lipinski definition) is 1. The van der Waals surface area contributed by atoms with Crippen LogP contribution in [0.5, 0.6) is 11.5 Å². The summed E-state index contributed by atoms with van der Waals surface area (Å²) < 4.78 is 11.0. The molecule has 0 aliphatic rings. The first-order valence-electron chi connectivity index (χ1n) is 6.59. The zero-order valence-corrected chi connectivity index (χ0v) is 12.4. The topological polar surface area (TPSA) is 47.6 Å². The predicted molar refractivity (Wildman–Crippen MR) is 76.9 cm³/mol. The van der Waals surface area contributed by atoms with Gasteiger partial charge in [0.2, 0.25) is 5.91 Å². The maximum atomic E-state index is 11.9. The quantitative estimate of drug-likeness (QED) is 0.886. The molecule has 106 valence electrons. The van der Waals surface area contributed by atoms with Crippen LogP contribution in [0.1, 0.15) is 34.6 Å². The molecule has 4 heteroatoms. The van der Waals surface area contributed by atoms with Gasteiger partial charge in [-0.2, -0.15) is 0 Å². The Kier molecular flexibility index (Phi) is 5.21. The standard InChI is InChI=1S/C15H23NO3/c1-6-18-12-9-8-11(10-13(12)19-7-2)16-14(17)15(3,4)5/h8-10H,6-7H2,1-5H3,(H,16,17). The number of hydrogen-bond acceptors (Lipinski definition) is 3. The van der Waals surface area contributed by atoms with E-state index >= 15 is 0 Å². The first-order chi connectivity index (χ1) is 8.88. The SMILES string of the molecule is CCOc1ccc(NC(=O)C(C)(C)C)cc1OCC. The van der Waals surface area contributed by atoms with Crippen molar-refractivity contribution in [1.82, 2.24) is 0 Å². The first kappa shape index (κ1) is 15.3. The highest BCUT2D eigenvalue weighted by molar-refractivity contribution is 5.94. The molecule has 0 saturated heterocycles. The number of rotatable bonds is 5. The smallest absolute Gasteiger partial charge is 0.229 e. The summed E-state index contributed by atoms with van der Waals surface area (Å²) in [5.74, 6) is 1.31. The summed E-state index contributed by atoms with van der Waals surface area (Å²) in [5, 5.41) is 2.88. The Labute approximate surface area is 115 Å². The zero-order chi connectivity index (χ0) is 14.5. The number of anilines is 1. The van der Waals surface area contributed by atoms with Crippen LogP contribution in [-0.4, -0.2) is 19.1 Å². The van der Waals surface area contributed by atoms with Gasteiger partial charge in [0.05, 0.1) is 13.2 Å². The predicted octanol–water partition coefficient (Wildman–Crippen LogP) is 3.47. The minimum absolute atomic E-state index is 0.0286. The van der Waals surface area contributed by atoms with E-state index in [9.17, 15) is 4.79 Å². The van der Waals surface area contributed by atoms with Crippen LogP contribution in [0.3, 0.4) is 0 Å². The summed E-state index contributed by atoms with van der Waals surface area (Å²) in [6, 6.07) is 5.42. The Morgan fingerprint density at radius 2 is 1.68 bits per heavy atom. The second-order valence-corrected chi connectivity index (χ2v) is 5.23. The molecule has 1 N–H and O–H groups in total. The number of carbonyl (C=O) groups excluding carboxylic acids is 1. The van der Waals surface area contributed by atoms with Crippen molar-refractivity contribution in [2.24, 2.45) is 5.41 Å². The highest BCUT2D eigenvalue weighted by Gasteiger charge is 2.21. The van der Waals surface area contributed by atoms with Crippen molar-refractivity contribution in [3.63, 3.8) is 0 Å². The summed E-state index contributed by atoms with van der Waals surface area (Å²) >= 11 is 0. The molecule has 1 rings (SSSR count). The van der Waals surface area contributed by atoms with Gasteiger partial charge in [0.1, 0.15) is 0 Å². The van der Waals surface area contributed by atoms with E-state index in [-0.39, 0.29) is 5.91 Å². The molecule has 0 atom stereocenters. The Morgan fingerprint density at radius 3 is 2.21 bits per heavy atom. The lowest BCUT2D eigenvalue weighted by Crippen LogP contribution is -2.27. The van der Waals surface area contributed by atoms with Gasteiger partial charge in [-0.3, -0.25) is 4.79 Å². The lowest BCUT2D eigenvalue weighted by atomic mass is 9.95. The molecule has 0 heterocycles. The van der Waals surface area contributed by atoms with Gasteiger partial charge in [-0.25, -0.2) is 0 Å². The molecule has 0 saturated carbocycles. The lowest BCUT2D eigenvalue weighted by molar-refractivity contribution is -0.123. The molecular formula is C15H23NO3. The van der Waals surface area contributed by atoms with Gasteiger partial charge >= 0.3 is 0 Å². The van der Waals surface area contributed by atoms with E-state index in [1.807, 2.05) is 46.8 Å². The summed E-state index contributed by atoms with van der Waals surface area (Å²) in [5.41, 5.74) is 0.288. The molecule has 0 fully saturated rings. The molecule has 4 nitrogen and oxygen atoms in total. The van der Waals surface area contributed by atoms with Gasteiger partial charge in [0, 0.05) is 17.2 Å². The molecule has 1 aromatic carbocycles. The van der Waals surface area contributed by atoms with Gasteiger partial charge in [0.15, 0.2) is 11.5 Å². The van der Waals surface area contributed by atoms with Crippen LogP contribution in [0, 0.1) is 5.41 Å². The molecule has 0 aliphatic carbocycles. The summed E-state index contributed by atoms with van der Waals surface area (Å²) in [6.07, 6.45) is 0. The maximum Gasteiger partial charge on any atom is 0.229 e. The van der Waals surface area contributed by atoms with E-state index in [1.165, 1.54) is 0 Å². The van der Waals surface area contributed by atoms with Crippen molar-refractivity contribution in [3.8, 4) is 11.5 Å². The van der Waals surface area contributed by atoms with Gasteiger partial charge in [-0.05, 0) is 26.0 Å². The number of amides is 1. The molecule has 0 spiro atoms. The Hall–Kier alpha value is -1.71. The van der Waals surface area contributed by atoms with Crippen LogP contribution >= 0.6 is 0 Å². The number of carbonyl (C=O) groups is 1. The first-order valence-corrected chi connectivity index (χ1v) is 6.59. The average Bonchev–Trinajstić information content (AvgIpc) is 2.32. The molecular weight excluding hydrogens is 242 g/mol. The number of nitrogens with one attached hydrogen (secondary N) is 1. The van der Waals surface area contributed by atoms with Gasteiger partial charge < -0.3 is 14.8 Å². The van der Waals surface area contributed by atoms with Crippen LogP contribution in [0.2, 0.25) is 0 Å². The summed E-state index contributed by atoms with van der Waals surface area (Å²) in [4.78, 5) is 11.9. The van der Waals surface area contributed by atoms with Crippen LogP contribution in [0.4, 0.5) is 5.69 Å². The zero-order valence-electron chi connectivity index (χ0n) is 12.4. The maximum absolute atomic E-state index is 11.9. The largest absolute Gasteiger partial charge is 0.490 e. The van der Waals surface area contributed by atoms with E-state index < -0.39 is 5.41 Å². The molecule has 1 aromatic rings. The number of benzene rings is 1. The van der Waals surface area contributed by atoms with Crippen molar-refractivity contribution in [2.75, 3.05) is 18.5 Å². The van der Waals surface area contributed by atoms with E-state index in [4.69, 9.17) is 9.47 Å². The minimum Gasteiger partial charge on any atom is -0.490 e. The highest BCUT2D eigenvalue weighted by atomic mass is 16.5. The van der Waals surface area contributed by atoms with Crippen LogP contribution in [0.15, 0.2) is 18.2 Å². The molecule has 0 aliphatic heterocycles. The molecule has 0 radical (unpaired) electrons. The fraction of sp³-hybridized carbons (Fsp3) is 0.533. The molecule has 0 bridgehead atoms. The van der Waals surface area contributed by atoms with E-state index in [0.717, 1.165) is 0 Å². The third kappa shape index (κ3) is 4.47. The van der Waals surface area contributed by atoms with Gasteiger partial charge in [0.25, 0.3) is 0 Å². The average molecular weight is 265 g/mol. The van der Waals surface area contributed by atoms with E-state index in [0.29, 0.717) is 30.4 Å². The van der Waals surface area contributed by atoms with Crippen LogP contribution in [-0.2, 0) is 4.79 Å². The van der Waals surface area contributed by atoms with Crippen LogP contribution < -0.4 is 14.8 Å². The normalized spacial score (nSPS) is 11.0. The summed E-state index contributed by atoms with van der Waals surface area (Å²) in [6.45, 7) is 10.6. The number of ether oxygens (including phenoxy) is 2. The van der Waals surface area contributed by atoms with Gasteiger partial charge in [-0.15, -0.1) is 0 Å². The molecule has 0 unspecified atom stereocenters. The molecule has 1 amide bonds. The minimum atomic E-state index is -0.426.